The molecule has 1 aromatic rings. The van der Waals surface area contributed by atoms with Crippen molar-refractivity contribution in [1.29, 1.82) is 0 Å². The van der Waals surface area contributed by atoms with Crippen molar-refractivity contribution in [2.75, 3.05) is 6.61 Å². The first kappa shape index (κ1) is 15.8. The van der Waals surface area contributed by atoms with E-state index in [1.807, 2.05) is 0 Å². The van der Waals surface area contributed by atoms with Gasteiger partial charge in [0.1, 0.15) is 17.3 Å². The van der Waals surface area contributed by atoms with Crippen LogP contribution < -0.4 is 0 Å². The smallest absolute Gasteiger partial charge is 0.339 e. The Morgan fingerprint density at radius 1 is 1.23 bits per heavy atom. The molecule has 1 aliphatic carbocycles. The third kappa shape index (κ3) is 2.87. The van der Waals surface area contributed by atoms with E-state index in [1.54, 1.807) is 37.3 Å². The zero-order valence-electron chi connectivity index (χ0n) is 11.9. The fourth-order valence-electron chi connectivity index (χ4n) is 2.37. The molecular formula is C16H16O6. The van der Waals surface area contributed by atoms with E-state index in [0.29, 0.717) is 5.56 Å². The molecule has 2 unspecified atom stereocenters. The van der Waals surface area contributed by atoms with E-state index in [9.17, 15) is 24.9 Å². The monoisotopic (exact) mass is 304 g/mol. The summed E-state index contributed by atoms with van der Waals surface area (Å²) in [6, 6.07) is 8.47. The summed E-state index contributed by atoms with van der Waals surface area (Å²) in [6.07, 6.45) is -0.113. The Bertz CT molecular complexity index is 644. The largest absolute Gasteiger partial charge is 0.510 e. The van der Waals surface area contributed by atoms with Crippen LogP contribution in [-0.4, -0.2) is 40.0 Å². The highest BCUT2D eigenvalue weighted by Crippen LogP contribution is 2.35. The average Bonchev–Trinajstić information content (AvgIpc) is 2.47. The van der Waals surface area contributed by atoms with Crippen LogP contribution in [-0.2, 0) is 14.3 Å². The molecule has 116 valence electrons. The SMILES string of the molecule is CCOC(=O)C1C(O)=C(C(=O)O)C(c2ccccc2)=CC1O. The van der Waals surface area contributed by atoms with Crippen molar-refractivity contribution in [2.45, 2.75) is 13.0 Å². The van der Waals surface area contributed by atoms with Gasteiger partial charge in [0, 0.05) is 0 Å². The van der Waals surface area contributed by atoms with Crippen molar-refractivity contribution in [3.05, 3.63) is 53.3 Å². The van der Waals surface area contributed by atoms with Crippen molar-refractivity contribution in [3.8, 4) is 0 Å². The van der Waals surface area contributed by atoms with Crippen molar-refractivity contribution < 1.29 is 29.6 Å². The highest BCUT2D eigenvalue weighted by atomic mass is 16.5. The highest BCUT2D eigenvalue weighted by Gasteiger charge is 2.39. The van der Waals surface area contributed by atoms with E-state index in [0.717, 1.165) is 0 Å². The number of aliphatic carboxylic acids is 1. The second kappa shape index (κ2) is 6.44. The van der Waals surface area contributed by atoms with Gasteiger partial charge in [0.15, 0.2) is 0 Å². The van der Waals surface area contributed by atoms with Gasteiger partial charge in [-0.25, -0.2) is 4.79 Å². The number of hydrogen-bond donors (Lipinski definition) is 3. The molecule has 2 rings (SSSR count). The number of carboxylic acids is 1. The molecule has 0 aliphatic heterocycles. The Balaban J connectivity index is 2.52. The number of benzene rings is 1. The first-order valence-corrected chi connectivity index (χ1v) is 6.76. The first-order chi connectivity index (χ1) is 10.5. The van der Waals surface area contributed by atoms with Gasteiger partial charge in [0.05, 0.1) is 12.7 Å². The van der Waals surface area contributed by atoms with E-state index >= 15 is 0 Å². The van der Waals surface area contributed by atoms with Crippen molar-refractivity contribution in [1.82, 2.24) is 0 Å². The Kier molecular flexibility index (Phi) is 4.62. The molecule has 0 heterocycles. The van der Waals surface area contributed by atoms with Crippen molar-refractivity contribution in [2.24, 2.45) is 5.92 Å². The molecule has 0 saturated heterocycles. The number of carbonyl (C=O) groups excluding carboxylic acids is 1. The summed E-state index contributed by atoms with van der Waals surface area (Å²) in [7, 11) is 0. The Morgan fingerprint density at radius 3 is 2.41 bits per heavy atom. The molecule has 0 amide bonds. The summed E-state index contributed by atoms with van der Waals surface area (Å²) < 4.78 is 4.78. The Hall–Kier alpha value is -2.60. The van der Waals surface area contributed by atoms with E-state index < -0.39 is 35.3 Å². The van der Waals surface area contributed by atoms with Crippen LogP contribution >= 0.6 is 0 Å². The first-order valence-electron chi connectivity index (χ1n) is 6.76. The lowest BCUT2D eigenvalue weighted by atomic mass is 9.83. The van der Waals surface area contributed by atoms with Crippen LogP contribution in [0.5, 0.6) is 0 Å². The number of aliphatic hydroxyl groups is 2. The maximum absolute atomic E-state index is 11.8. The second-order valence-electron chi connectivity index (χ2n) is 4.73. The fraction of sp³-hybridized carbons (Fsp3) is 0.250. The van der Waals surface area contributed by atoms with Gasteiger partial charge in [-0.2, -0.15) is 0 Å². The number of rotatable bonds is 4. The molecule has 2 atom stereocenters. The fourth-order valence-corrected chi connectivity index (χ4v) is 2.37. The van der Waals surface area contributed by atoms with Gasteiger partial charge in [-0.3, -0.25) is 4.79 Å². The van der Waals surface area contributed by atoms with Gasteiger partial charge in [0.25, 0.3) is 0 Å². The molecule has 0 aromatic heterocycles. The van der Waals surface area contributed by atoms with Crippen molar-refractivity contribution in [3.63, 3.8) is 0 Å². The lowest BCUT2D eigenvalue weighted by Gasteiger charge is -2.26. The molecule has 0 bridgehead atoms. The maximum Gasteiger partial charge on any atom is 0.339 e. The molecule has 0 radical (unpaired) electrons. The second-order valence-corrected chi connectivity index (χ2v) is 4.73. The van der Waals surface area contributed by atoms with E-state index in [4.69, 9.17) is 4.74 Å². The van der Waals surface area contributed by atoms with Crippen LogP contribution in [0.2, 0.25) is 0 Å². The summed E-state index contributed by atoms with van der Waals surface area (Å²) >= 11 is 0. The lowest BCUT2D eigenvalue weighted by Crippen LogP contribution is -2.35. The summed E-state index contributed by atoms with van der Waals surface area (Å²) in [5, 5.41) is 29.7. The zero-order chi connectivity index (χ0) is 16.3. The molecule has 22 heavy (non-hydrogen) atoms. The Labute approximate surface area is 127 Å². The molecule has 1 aliphatic rings. The zero-order valence-corrected chi connectivity index (χ0v) is 11.9. The van der Waals surface area contributed by atoms with Gasteiger partial charge in [-0.05, 0) is 24.1 Å². The van der Waals surface area contributed by atoms with Crippen LogP contribution in [0.3, 0.4) is 0 Å². The highest BCUT2D eigenvalue weighted by molar-refractivity contribution is 6.07. The minimum Gasteiger partial charge on any atom is -0.510 e. The summed E-state index contributed by atoms with van der Waals surface area (Å²) in [4.78, 5) is 23.3. The predicted octanol–water partition coefficient (Wildman–Crippen LogP) is 1.52. The van der Waals surface area contributed by atoms with Gasteiger partial charge in [0.2, 0.25) is 0 Å². The quantitative estimate of drug-likeness (QED) is 0.729. The predicted molar refractivity (Wildman–Crippen MR) is 77.8 cm³/mol. The third-order valence-corrected chi connectivity index (χ3v) is 3.34. The molecule has 3 N–H and O–H groups in total. The number of ether oxygens (including phenoxy) is 1. The minimum atomic E-state index is -1.43. The number of carbonyl (C=O) groups is 2. The minimum absolute atomic E-state index is 0.0625. The summed E-state index contributed by atoms with van der Waals surface area (Å²) in [6.45, 7) is 1.64. The standard InChI is InChI=1S/C16H16O6/c1-2-22-16(21)13-11(17)8-10(9-6-4-3-5-7-9)12(14(13)18)15(19)20/h3-8,11,13,17-18H,2H2,1H3,(H,19,20). The van der Waals surface area contributed by atoms with Crippen LogP contribution in [0.4, 0.5) is 0 Å². The van der Waals surface area contributed by atoms with Gasteiger partial charge < -0.3 is 20.1 Å². The third-order valence-electron chi connectivity index (χ3n) is 3.34. The van der Waals surface area contributed by atoms with Crippen LogP contribution in [0, 0.1) is 5.92 Å². The van der Waals surface area contributed by atoms with E-state index in [1.165, 1.54) is 6.08 Å². The molecule has 0 spiro atoms. The molecule has 6 nitrogen and oxygen atoms in total. The molecule has 0 fully saturated rings. The number of aliphatic hydroxyl groups excluding tert-OH is 2. The maximum atomic E-state index is 11.8. The number of carboxylic acid groups (broad SMARTS) is 1. The van der Waals surface area contributed by atoms with Crippen LogP contribution in [0.25, 0.3) is 5.57 Å². The molecular weight excluding hydrogens is 288 g/mol. The number of hydrogen-bond acceptors (Lipinski definition) is 5. The van der Waals surface area contributed by atoms with E-state index in [-0.39, 0.29) is 12.2 Å². The van der Waals surface area contributed by atoms with E-state index in [2.05, 4.69) is 0 Å². The molecule has 0 saturated carbocycles. The van der Waals surface area contributed by atoms with Crippen LogP contribution in [0.1, 0.15) is 12.5 Å². The molecule has 1 aromatic carbocycles. The van der Waals surface area contributed by atoms with Crippen LogP contribution in [0.15, 0.2) is 47.7 Å². The number of esters is 1. The lowest BCUT2D eigenvalue weighted by molar-refractivity contribution is -0.150. The molecule has 6 heteroatoms. The van der Waals surface area contributed by atoms with Gasteiger partial charge >= 0.3 is 11.9 Å². The Morgan fingerprint density at radius 2 is 1.86 bits per heavy atom. The van der Waals surface area contributed by atoms with Crippen molar-refractivity contribution >= 4 is 17.5 Å². The summed E-state index contributed by atoms with van der Waals surface area (Å²) in [5.74, 6) is -4.37. The average molecular weight is 304 g/mol. The summed E-state index contributed by atoms with van der Waals surface area (Å²) in [5.41, 5.74) is 0.279. The van der Waals surface area contributed by atoms with Gasteiger partial charge in [-0.1, -0.05) is 30.3 Å². The topological polar surface area (TPSA) is 104 Å². The van der Waals surface area contributed by atoms with Gasteiger partial charge in [-0.15, -0.1) is 0 Å². The normalized spacial score (nSPS) is 21.3.